The first-order valence-electron chi connectivity index (χ1n) is 7.36. The van der Waals surface area contributed by atoms with Crippen molar-refractivity contribution in [2.24, 2.45) is 5.92 Å². The van der Waals surface area contributed by atoms with Crippen molar-refractivity contribution in [2.75, 3.05) is 7.05 Å². The lowest BCUT2D eigenvalue weighted by molar-refractivity contribution is 0.379. The summed E-state index contributed by atoms with van der Waals surface area (Å²) in [5.74, 6) is 0.223. The average Bonchev–Trinajstić information content (AvgIpc) is 2.92. The average molecular weight is 304 g/mol. The van der Waals surface area contributed by atoms with E-state index in [0.29, 0.717) is 17.9 Å². The monoisotopic (exact) mass is 303 g/mol. The highest BCUT2D eigenvalue weighted by Gasteiger charge is 2.28. The molecule has 0 radical (unpaired) electrons. The highest BCUT2D eigenvalue weighted by Crippen LogP contribution is 2.30. The Bertz CT molecular complexity index is 616. The van der Waals surface area contributed by atoms with Gasteiger partial charge in [-0.3, -0.25) is 0 Å². The van der Waals surface area contributed by atoms with Gasteiger partial charge in [0.15, 0.2) is 0 Å². The second kappa shape index (κ2) is 6.17. The maximum absolute atomic E-state index is 14.1. The highest BCUT2D eigenvalue weighted by molar-refractivity contribution is 6.30. The van der Waals surface area contributed by atoms with Crippen LogP contribution in [-0.2, 0) is 19.3 Å². The summed E-state index contributed by atoms with van der Waals surface area (Å²) in [5.41, 5.74) is 3.54. The maximum atomic E-state index is 14.1. The number of hydrogen-bond donors (Lipinski definition) is 1. The molecule has 1 nitrogen and oxygen atoms in total. The van der Waals surface area contributed by atoms with Gasteiger partial charge in [0, 0.05) is 6.04 Å². The summed E-state index contributed by atoms with van der Waals surface area (Å²) in [4.78, 5) is 0. The minimum Gasteiger partial charge on any atom is -0.316 e. The molecule has 1 aliphatic carbocycles. The lowest BCUT2D eigenvalue weighted by atomic mass is 9.91. The van der Waals surface area contributed by atoms with Crippen LogP contribution in [0.25, 0.3) is 0 Å². The van der Waals surface area contributed by atoms with E-state index in [9.17, 15) is 4.39 Å². The van der Waals surface area contributed by atoms with Gasteiger partial charge in [-0.15, -0.1) is 0 Å². The number of rotatable bonds is 4. The standard InChI is InChI=1S/C18H19ClFN/c1-21-17(11-14-7-4-8-16(19)18(14)20)15-9-12-5-2-3-6-13(12)10-15/h2-8,15,17,21H,9-11H2,1H3. The third-order valence-electron chi connectivity index (χ3n) is 4.49. The van der Waals surface area contributed by atoms with Crippen molar-refractivity contribution >= 4 is 11.6 Å². The number of nitrogens with one attached hydrogen (secondary N) is 1. The molecule has 0 bridgehead atoms. The molecule has 0 fully saturated rings. The molecule has 0 saturated carbocycles. The first kappa shape index (κ1) is 14.6. The summed E-state index contributed by atoms with van der Waals surface area (Å²) in [6.07, 6.45) is 2.79. The van der Waals surface area contributed by atoms with Crippen molar-refractivity contribution < 1.29 is 4.39 Å². The molecule has 110 valence electrons. The molecule has 2 aromatic carbocycles. The Balaban J connectivity index is 1.77. The first-order chi connectivity index (χ1) is 10.2. The fourth-order valence-corrected chi connectivity index (χ4v) is 3.52. The predicted molar refractivity (Wildman–Crippen MR) is 85.3 cm³/mol. The highest BCUT2D eigenvalue weighted by atomic mass is 35.5. The Labute approximate surface area is 130 Å². The summed E-state index contributed by atoms with van der Waals surface area (Å²) >= 11 is 5.88. The summed E-state index contributed by atoms with van der Waals surface area (Å²) in [6.45, 7) is 0. The minimum atomic E-state index is -0.282. The van der Waals surface area contributed by atoms with Crippen LogP contribution in [-0.4, -0.2) is 13.1 Å². The van der Waals surface area contributed by atoms with Gasteiger partial charge in [-0.2, -0.15) is 0 Å². The summed E-state index contributed by atoms with van der Waals surface area (Å²) in [6, 6.07) is 14.1. The normalized spacial score (nSPS) is 16.0. The van der Waals surface area contributed by atoms with Gasteiger partial charge in [0.1, 0.15) is 5.82 Å². The largest absolute Gasteiger partial charge is 0.316 e. The van der Waals surface area contributed by atoms with E-state index in [2.05, 4.69) is 29.6 Å². The van der Waals surface area contributed by atoms with Gasteiger partial charge in [-0.05, 0) is 55.0 Å². The van der Waals surface area contributed by atoms with Crippen LogP contribution in [0, 0.1) is 11.7 Å². The molecule has 0 aromatic heterocycles. The predicted octanol–water partition coefficient (Wildman–Crippen LogP) is 4.02. The zero-order chi connectivity index (χ0) is 14.8. The second-order valence-electron chi connectivity index (χ2n) is 5.75. The van der Waals surface area contributed by atoms with Crippen molar-refractivity contribution in [2.45, 2.75) is 25.3 Å². The molecule has 21 heavy (non-hydrogen) atoms. The summed E-state index contributed by atoms with van der Waals surface area (Å²) < 4.78 is 14.1. The molecule has 0 spiro atoms. The maximum Gasteiger partial charge on any atom is 0.145 e. The van der Waals surface area contributed by atoms with E-state index >= 15 is 0 Å². The quantitative estimate of drug-likeness (QED) is 0.899. The van der Waals surface area contributed by atoms with Crippen LogP contribution < -0.4 is 5.32 Å². The van der Waals surface area contributed by atoms with Crippen LogP contribution in [0.1, 0.15) is 16.7 Å². The molecule has 0 amide bonds. The van der Waals surface area contributed by atoms with Crippen LogP contribution in [0.3, 0.4) is 0 Å². The van der Waals surface area contributed by atoms with Crippen LogP contribution in [0.15, 0.2) is 42.5 Å². The number of fused-ring (bicyclic) bond motifs is 1. The third kappa shape index (κ3) is 2.97. The lowest BCUT2D eigenvalue weighted by Crippen LogP contribution is -2.36. The number of benzene rings is 2. The lowest BCUT2D eigenvalue weighted by Gasteiger charge is -2.23. The summed E-state index contributed by atoms with van der Waals surface area (Å²) in [5, 5.41) is 3.57. The second-order valence-corrected chi connectivity index (χ2v) is 6.16. The summed E-state index contributed by atoms with van der Waals surface area (Å²) in [7, 11) is 1.95. The molecule has 0 heterocycles. The van der Waals surface area contributed by atoms with Gasteiger partial charge in [0.05, 0.1) is 5.02 Å². The fourth-order valence-electron chi connectivity index (χ4n) is 3.32. The Morgan fingerprint density at radius 3 is 2.43 bits per heavy atom. The van der Waals surface area contributed by atoms with Gasteiger partial charge >= 0.3 is 0 Å². The van der Waals surface area contributed by atoms with Gasteiger partial charge < -0.3 is 5.32 Å². The van der Waals surface area contributed by atoms with Crippen molar-refractivity contribution in [3.05, 3.63) is 70.0 Å². The van der Waals surface area contributed by atoms with Crippen molar-refractivity contribution in [1.82, 2.24) is 5.32 Å². The van der Waals surface area contributed by atoms with E-state index in [-0.39, 0.29) is 16.9 Å². The molecule has 1 aliphatic rings. The zero-order valence-electron chi connectivity index (χ0n) is 12.1. The molecule has 1 N–H and O–H groups in total. The van der Waals surface area contributed by atoms with Gasteiger partial charge in [-0.1, -0.05) is 48.0 Å². The van der Waals surface area contributed by atoms with Gasteiger partial charge in [-0.25, -0.2) is 4.39 Å². The van der Waals surface area contributed by atoms with Crippen molar-refractivity contribution in [1.29, 1.82) is 0 Å². The Morgan fingerprint density at radius 1 is 1.14 bits per heavy atom. The van der Waals surface area contributed by atoms with Crippen LogP contribution in [0.2, 0.25) is 5.02 Å². The molecule has 1 unspecified atom stereocenters. The van der Waals surface area contributed by atoms with E-state index in [4.69, 9.17) is 11.6 Å². The molecule has 0 saturated heterocycles. The fraction of sp³-hybridized carbons (Fsp3) is 0.333. The number of halogens is 2. The molecule has 2 aromatic rings. The Morgan fingerprint density at radius 2 is 1.81 bits per heavy atom. The minimum absolute atomic E-state index is 0.206. The SMILES string of the molecule is CNC(Cc1cccc(Cl)c1F)C1Cc2ccccc2C1. The molecule has 3 heteroatoms. The van der Waals surface area contributed by atoms with E-state index in [1.54, 1.807) is 6.07 Å². The van der Waals surface area contributed by atoms with Crippen LogP contribution in [0.5, 0.6) is 0 Å². The van der Waals surface area contributed by atoms with E-state index < -0.39 is 0 Å². The molecule has 3 rings (SSSR count). The first-order valence-corrected chi connectivity index (χ1v) is 7.73. The van der Waals surface area contributed by atoms with E-state index in [1.807, 2.05) is 19.2 Å². The van der Waals surface area contributed by atoms with E-state index in [0.717, 1.165) is 12.8 Å². The topological polar surface area (TPSA) is 12.0 Å². The zero-order valence-corrected chi connectivity index (χ0v) is 12.8. The van der Waals surface area contributed by atoms with Crippen LogP contribution >= 0.6 is 11.6 Å². The van der Waals surface area contributed by atoms with Gasteiger partial charge in [0.25, 0.3) is 0 Å². The smallest absolute Gasteiger partial charge is 0.145 e. The number of likely N-dealkylation sites (N-methyl/N-ethyl adjacent to an activating group) is 1. The van der Waals surface area contributed by atoms with Crippen molar-refractivity contribution in [3.63, 3.8) is 0 Å². The molecule has 0 aliphatic heterocycles. The Kier molecular flexibility index (Phi) is 4.27. The van der Waals surface area contributed by atoms with Crippen LogP contribution in [0.4, 0.5) is 4.39 Å². The molecular formula is C18H19ClFN. The molecule has 1 atom stereocenters. The van der Waals surface area contributed by atoms with E-state index in [1.165, 1.54) is 11.1 Å². The van der Waals surface area contributed by atoms with Crippen molar-refractivity contribution in [3.8, 4) is 0 Å². The third-order valence-corrected chi connectivity index (χ3v) is 4.79. The molecular weight excluding hydrogens is 285 g/mol. The number of hydrogen-bond acceptors (Lipinski definition) is 1. The Hall–Kier alpha value is -1.38. The van der Waals surface area contributed by atoms with Gasteiger partial charge in [0.2, 0.25) is 0 Å².